The molecule has 0 bridgehead atoms. The van der Waals surface area contributed by atoms with Crippen LogP contribution in [0.15, 0.2) is 0 Å². The van der Waals surface area contributed by atoms with Crippen LogP contribution in [0.25, 0.3) is 0 Å². The third-order valence-corrected chi connectivity index (χ3v) is 0.547. The molecule has 0 amide bonds. The molecule has 7 heavy (non-hydrogen) atoms. The van der Waals surface area contributed by atoms with Gasteiger partial charge in [-0.05, 0) is 6.42 Å². The van der Waals surface area contributed by atoms with Gasteiger partial charge in [-0.15, -0.1) is 0 Å². The van der Waals surface area contributed by atoms with Gasteiger partial charge in [0, 0.05) is 0 Å². The molecule has 0 aromatic rings. The SMILES string of the molecule is CCCC(O)O.O. The maximum Gasteiger partial charge on any atom is 0.151 e. The smallest absolute Gasteiger partial charge is 0.151 e. The molecule has 0 saturated carbocycles. The lowest BCUT2D eigenvalue weighted by molar-refractivity contribution is -0.0453. The van der Waals surface area contributed by atoms with Crippen molar-refractivity contribution in [3.8, 4) is 0 Å². The number of hydrogen-bond acceptors (Lipinski definition) is 2. The van der Waals surface area contributed by atoms with Gasteiger partial charge in [0.25, 0.3) is 0 Å². The second-order valence-electron chi connectivity index (χ2n) is 1.27. The van der Waals surface area contributed by atoms with E-state index in [2.05, 4.69) is 0 Å². The van der Waals surface area contributed by atoms with Crippen molar-refractivity contribution in [1.29, 1.82) is 0 Å². The zero-order chi connectivity index (χ0) is 4.99. The van der Waals surface area contributed by atoms with Gasteiger partial charge in [-0.25, -0.2) is 0 Å². The van der Waals surface area contributed by atoms with E-state index in [1.807, 2.05) is 6.92 Å². The molecule has 0 aliphatic heterocycles. The summed E-state index contributed by atoms with van der Waals surface area (Å²) in [5, 5.41) is 16.2. The normalized spacial score (nSPS) is 8.57. The fourth-order valence-corrected chi connectivity index (χ4v) is 0.258. The second-order valence-corrected chi connectivity index (χ2v) is 1.27. The molecule has 0 aliphatic carbocycles. The summed E-state index contributed by atoms with van der Waals surface area (Å²) in [6.07, 6.45) is 0.215. The Kier molecular flexibility index (Phi) is 8.39. The highest BCUT2D eigenvalue weighted by Gasteiger charge is 1.89. The van der Waals surface area contributed by atoms with Crippen molar-refractivity contribution >= 4 is 0 Å². The third kappa shape index (κ3) is 10.7. The molecular formula is C4H12O3. The monoisotopic (exact) mass is 108 g/mol. The molecule has 4 N–H and O–H groups in total. The lowest BCUT2D eigenvalue weighted by Gasteiger charge is -1.94. The summed E-state index contributed by atoms with van der Waals surface area (Å²) < 4.78 is 0. The number of aliphatic hydroxyl groups excluding tert-OH is 1. The summed E-state index contributed by atoms with van der Waals surface area (Å²) in [6, 6.07) is 0. The Morgan fingerprint density at radius 1 is 1.43 bits per heavy atom. The van der Waals surface area contributed by atoms with Crippen LogP contribution in [0, 0.1) is 0 Å². The fraction of sp³-hybridized carbons (Fsp3) is 1.00. The average molecular weight is 108 g/mol. The predicted molar refractivity (Wildman–Crippen MR) is 26.7 cm³/mol. The standard InChI is InChI=1S/C4H10O2.H2O/c1-2-3-4(5)6;/h4-6H,2-3H2,1H3;1H2. The van der Waals surface area contributed by atoms with Crippen molar-refractivity contribution in [2.24, 2.45) is 0 Å². The van der Waals surface area contributed by atoms with Gasteiger partial charge in [-0.1, -0.05) is 13.3 Å². The van der Waals surface area contributed by atoms with E-state index in [9.17, 15) is 0 Å². The van der Waals surface area contributed by atoms with Crippen LogP contribution in [0.2, 0.25) is 0 Å². The first-order valence-corrected chi connectivity index (χ1v) is 2.13. The van der Waals surface area contributed by atoms with E-state index in [0.717, 1.165) is 6.42 Å². The van der Waals surface area contributed by atoms with Gasteiger partial charge >= 0.3 is 0 Å². The molecule has 0 aromatic carbocycles. The Morgan fingerprint density at radius 3 is 1.86 bits per heavy atom. The Hall–Kier alpha value is -0.120. The molecule has 0 aromatic heterocycles. The Morgan fingerprint density at radius 2 is 1.86 bits per heavy atom. The van der Waals surface area contributed by atoms with Crippen LogP contribution < -0.4 is 0 Å². The van der Waals surface area contributed by atoms with E-state index in [-0.39, 0.29) is 5.48 Å². The molecule has 0 saturated heterocycles. The summed E-state index contributed by atoms with van der Waals surface area (Å²) in [7, 11) is 0. The molecule has 0 heterocycles. The van der Waals surface area contributed by atoms with E-state index < -0.39 is 6.29 Å². The first kappa shape index (κ1) is 9.99. The van der Waals surface area contributed by atoms with Gasteiger partial charge < -0.3 is 15.7 Å². The second kappa shape index (κ2) is 5.88. The summed E-state index contributed by atoms with van der Waals surface area (Å²) in [5.41, 5.74) is 0. The zero-order valence-electron chi connectivity index (χ0n) is 4.39. The summed E-state index contributed by atoms with van der Waals surface area (Å²) >= 11 is 0. The highest BCUT2D eigenvalue weighted by atomic mass is 16.5. The Bertz CT molecular complexity index is 28.1. The maximum absolute atomic E-state index is 8.11. The van der Waals surface area contributed by atoms with Gasteiger partial charge in [0.05, 0.1) is 0 Å². The first-order chi connectivity index (χ1) is 2.77. The largest absolute Gasteiger partial charge is 0.412 e. The van der Waals surface area contributed by atoms with E-state index >= 15 is 0 Å². The minimum Gasteiger partial charge on any atom is -0.412 e. The molecule has 0 spiro atoms. The molecule has 0 fully saturated rings. The van der Waals surface area contributed by atoms with Crippen molar-refractivity contribution in [1.82, 2.24) is 0 Å². The Balaban J connectivity index is 0. The highest BCUT2D eigenvalue weighted by Crippen LogP contribution is 1.88. The topological polar surface area (TPSA) is 72.0 Å². The van der Waals surface area contributed by atoms with E-state index in [0.29, 0.717) is 6.42 Å². The Labute approximate surface area is 42.9 Å². The molecule has 0 radical (unpaired) electrons. The van der Waals surface area contributed by atoms with Crippen LogP contribution >= 0.6 is 0 Å². The predicted octanol–water partition coefficient (Wildman–Crippen LogP) is -0.728. The minimum absolute atomic E-state index is 0. The van der Waals surface area contributed by atoms with E-state index in [1.165, 1.54) is 0 Å². The average Bonchev–Trinajstić information content (AvgIpc) is 1.35. The number of rotatable bonds is 2. The zero-order valence-corrected chi connectivity index (χ0v) is 4.39. The van der Waals surface area contributed by atoms with Crippen LogP contribution in [0.5, 0.6) is 0 Å². The molecule has 0 aliphatic rings. The van der Waals surface area contributed by atoms with Crippen molar-refractivity contribution < 1.29 is 15.7 Å². The molecule has 3 nitrogen and oxygen atoms in total. The molecule has 0 rings (SSSR count). The van der Waals surface area contributed by atoms with E-state index in [1.54, 1.807) is 0 Å². The van der Waals surface area contributed by atoms with Crippen molar-refractivity contribution in [3.63, 3.8) is 0 Å². The van der Waals surface area contributed by atoms with Gasteiger partial charge in [0.1, 0.15) is 0 Å². The van der Waals surface area contributed by atoms with Crippen molar-refractivity contribution in [2.75, 3.05) is 0 Å². The van der Waals surface area contributed by atoms with Crippen molar-refractivity contribution in [2.45, 2.75) is 26.1 Å². The van der Waals surface area contributed by atoms with Gasteiger partial charge in [-0.2, -0.15) is 0 Å². The first-order valence-electron chi connectivity index (χ1n) is 2.13. The number of aliphatic hydroxyl groups is 2. The van der Waals surface area contributed by atoms with Crippen LogP contribution in [-0.2, 0) is 0 Å². The van der Waals surface area contributed by atoms with Crippen LogP contribution in [-0.4, -0.2) is 22.0 Å². The van der Waals surface area contributed by atoms with Crippen LogP contribution in [0.3, 0.4) is 0 Å². The lowest BCUT2D eigenvalue weighted by atomic mass is 10.3. The van der Waals surface area contributed by atoms with Crippen LogP contribution in [0.4, 0.5) is 0 Å². The summed E-state index contributed by atoms with van der Waals surface area (Å²) in [5.74, 6) is 0. The molecule has 3 heteroatoms. The minimum atomic E-state index is -1.10. The summed E-state index contributed by atoms with van der Waals surface area (Å²) in [4.78, 5) is 0. The summed E-state index contributed by atoms with van der Waals surface area (Å²) in [6.45, 7) is 1.90. The highest BCUT2D eigenvalue weighted by molar-refractivity contribution is 4.31. The molecule has 0 atom stereocenters. The quantitative estimate of drug-likeness (QED) is 0.458. The fourth-order valence-electron chi connectivity index (χ4n) is 0.258. The van der Waals surface area contributed by atoms with Crippen LogP contribution in [0.1, 0.15) is 19.8 Å². The molecule has 46 valence electrons. The molecular weight excluding hydrogens is 96.0 g/mol. The van der Waals surface area contributed by atoms with E-state index in [4.69, 9.17) is 10.2 Å². The van der Waals surface area contributed by atoms with Gasteiger partial charge in [0.2, 0.25) is 0 Å². The number of hydrogen-bond donors (Lipinski definition) is 2. The van der Waals surface area contributed by atoms with Crippen molar-refractivity contribution in [3.05, 3.63) is 0 Å². The van der Waals surface area contributed by atoms with Gasteiger partial charge in [0.15, 0.2) is 6.29 Å². The lowest BCUT2D eigenvalue weighted by Crippen LogP contribution is -2.01. The third-order valence-electron chi connectivity index (χ3n) is 0.547. The van der Waals surface area contributed by atoms with Gasteiger partial charge in [-0.3, -0.25) is 0 Å². The molecule has 0 unspecified atom stereocenters. The maximum atomic E-state index is 8.11.